The van der Waals surface area contributed by atoms with Crippen molar-refractivity contribution in [3.8, 4) is 0 Å². The molecule has 21 heavy (non-hydrogen) atoms. The van der Waals surface area contributed by atoms with E-state index in [0.29, 0.717) is 23.1 Å². The van der Waals surface area contributed by atoms with Gasteiger partial charge in [-0.2, -0.15) is 0 Å². The molecule has 5 nitrogen and oxygen atoms in total. The number of carbonyl (C=O) groups is 2. The predicted molar refractivity (Wildman–Crippen MR) is 78.5 cm³/mol. The van der Waals surface area contributed by atoms with Crippen molar-refractivity contribution < 1.29 is 9.59 Å². The highest BCUT2D eigenvalue weighted by Gasteiger charge is 2.58. The standard InChI is InChI=1S/C16H25N3O2/c20-14(12-1-2-12)18-7-9-19(10-8-18)15(21)13-11-16(13)3-5-17-6-4-16/h12-13,17H,1-11H2. The van der Waals surface area contributed by atoms with Crippen LogP contribution in [0.4, 0.5) is 0 Å². The zero-order valence-electron chi connectivity index (χ0n) is 12.6. The molecular weight excluding hydrogens is 266 g/mol. The first-order valence-electron chi connectivity index (χ1n) is 8.48. The van der Waals surface area contributed by atoms with Crippen LogP contribution in [-0.2, 0) is 9.59 Å². The van der Waals surface area contributed by atoms with E-state index in [2.05, 4.69) is 5.32 Å². The van der Waals surface area contributed by atoms with Gasteiger partial charge in [0.05, 0.1) is 0 Å². The molecule has 116 valence electrons. The summed E-state index contributed by atoms with van der Waals surface area (Å²) < 4.78 is 0. The lowest BCUT2D eigenvalue weighted by Crippen LogP contribution is -2.51. The molecule has 2 heterocycles. The Morgan fingerprint density at radius 2 is 1.48 bits per heavy atom. The van der Waals surface area contributed by atoms with Gasteiger partial charge in [-0.15, -0.1) is 0 Å². The van der Waals surface area contributed by atoms with E-state index in [1.807, 2.05) is 9.80 Å². The molecule has 2 amide bonds. The Hall–Kier alpha value is -1.10. The zero-order valence-corrected chi connectivity index (χ0v) is 12.6. The second-order valence-electron chi connectivity index (χ2n) is 7.29. The van der Waals surface area contributed by atoms with Gasteiger partial charge in [0.25, 0.3) is 0 Å². The molecule has 1 spiro atoms. The average molecular weight is 291 g/mol. The van der Waals surface area contributed by atoms with Crippen LogP contribution in [0.25, 0.3) is 0 Å². The molecule has 2 aliphatic carbocycles. The monoisotopic (exact) mass is 291 g/mol. The van der Waals surface area contributed by atoms with E-state index < -0.39 is 0 Å². The van der Waals surface area contributed by atoms with E-state index in [-0.39, 0.29) is 5.92 Å². The van der Waals surface area contributed by atoms with Crippen LogP contribution in [0.2, 0.25) is 0 Å². The fourth-order valence-corrected chi connectivity index (χ4v) is 4.13. The molecule has 2 saturated carbocycles. The van der Waals surface area contributed by atoms with Crippen molar-refractivity contribution >= 4 is 11.8 Å². The van der Waals surface area contributed by atoms with Crippen molar-refractivity contribution in [3.05, 3.63) is 0 Å². The molecule has 0 bridgehead atoms. The van der Waals surface area contributed by atoms with E-state index in [0.717, 1.165) is 71.4 Å². The van der Waals surface area contributed by atoms with Crippen LogP contribution in [0.5, 0.6) is 0 Å². The fourth-order valence-electron chi connectivity index (χ4n) is 4.13. The second-order valence-corrected chi connectivity index (χ2v) is 7.29. The lowest BCUT2D eigenvalue weighted by atomic mass is 9.91. The lowest BCUT2D eigenvalue weighted by molar-refractivity contribution is -0.141. The number of carbonyl (C=O) groups excluding carboxylic acids is 2. The van der Waals surface area contributed by atoms with Crippen LogP contribution < -0.4 is 5.32 Å². The summed E-state index contributed by atoms with van der Waals surface area (Å²) in [6.45, 7) is 5.08. The highest BCUT2D eigenvalue weighted by Crippen LogP contribution is 2.59. The number of nitrogens with zero attached hydrogens (tertiary/aromatic N) is 2. The van der Waals surface area contributed by atoms with Gasteiger partial charge in [0.1, 0.15) is 0 Å². The Morgan fingerprint density at radius 3 is 2.05 bits per heavy atom. The van der Waals surface area contributed by atoms with Crippen LogP contribution >= 0.6 is 0 Å². The number of rotatable bonds is 2. The van der Waals surface area contributed by atoms with Gasteiger partial charge >= 0.3 is 0 Å². The van der Waals surface area contributed by atoms with E-state index in [1.54, 1.807) is 0 Å². The summed E-state index contributed by atoms with van der Waals surface area (Å²) in [6, 6.07) is 0. The van der Waals surface area contributed by atoms with Gasteiger partial charge in [0.2, 0.25) is 11.8 Å². The molecular formula is C16H25N3O2. The number of hydrogen-bond donors (Lipinski definition) is 1. The Kier molecular flexibility index (Phi) is 3.21. The lowest BCUT2D eigenvalue weighted by Gasteiger charge is -2.35. The Labute approximate surface area is 126 Å². The third kappa shape index (κ3) is 2.45. The Morgan fingerprint density at radius 1 is 0.905 bits per heavy atom. The molecule has 0 aromatic carbocycles. The summed E-state index contributed by atoms with van der Waals surface area (Å²) in [4.78, 5) is 28.7. The first-order valence-corrected chi connectivity index (χ1v) is 8.48. The largest absolute Gasteiger partial charge is 0.339 e. The highest BCUT2D eigenvalue weighted by molar-refractivity contribution is 5.84. The maximum Gasteiger partial charge on any atom is 0.226 e. The van der Waals surface area contributed by atoms with Gasteiger partial charge in [-0.1, -0.05) is 0 Å². The first-order chi connectivity index (χ1) is 10.2. The molecule has 5 heteroatoms. The zero-order chi connectivity index (χ0) is 14.4. The summed E-state index contributed by atoms with van der Waals surface area (Å²) in [6.07, 6.45) is 5.54. The minimum absolute atomic E-state index is 0.269. The maximum atomic E-state index is 12.7. The average Bonchev–Trinajstić information content (AvgIpc) is 3.43. The van der Waals surface area contributed by atoms with Crippen molar-refractivity contribution in [2.75, 3.05) is 39.3 Å². The van der Waals surface area contributed by atoms with Crippen molar-refractivity contribution in [2.24, 2.45) is 17.3 Å². The quantitative estimate of drug-likeness (QED) is 0.804. The normalized spacial score (nSPS) is 31.3. The van der Waals surface area contributed by atoms with Gasteiger partial charge in [-0.05, 0) is 50.6 Å². The Balaban J connectivity index is 1.30. The van der Waals surface area contributed by atoms with E-state index in [9.17, 15) is 9.59 Å². The van der Waals surface area contributed by atoms with Crippen LogP contribution in [-0.4, -0.2) is 60.9 Å². The minimum Gasteiger partial charge on any atom is -0.339 e. The number of amides is 2. The van der Waals surface area contributed by atoms with E-state index in [4.69, 9.17) is 0 Å². The molecule has 0 aromatic rings. The molecule has 1 unspecified atom stereocenters. The Bertz CT molecular complexity index is 446. The SMILES string of the molecule is O=C(C1CC1)N1CCN(C(=O)C2CC23CCNCC3)CC1. The molecule has 1 atom stereocenters. The molecule has 0 radical (unpaired) electrons. The van der Waals surface area contributed by atoms with Crippen LogP contribution in [0.15, 0.2) is 0 Å². The van der Waals surface area contributed by atoms with Gasteiger partial charge in [0, 0.05) is 38.0 Å². The molecule has 4 aliphatic rings. The van der Waals surface area contributed by atoms with Gasteiger partial charge in [-0.3, -0.25) is 9.59 Å². The van der Waals surface area contributed by atoms with Crippen molar-refractivity contribution in [3.63, 3.8) is 0 Å². The van der Waals surface area contributed by atoms with Crippen molar-refractivity contribution in [1.29, 1.82) is 0 Å². The van der Waals surface area contributed by atoms with E-state index in [1.165, 1.54) is 0 Å². The molecule has 1 N–H and O–H groups in total. The first kappa shape index (κ1) is 13.6. The van der Waals surface area contributed by atoms with Crippen LogP contribution in [0.1, 0.15) is 32.1 Å². The molecule has 2 saturated heterocycles. The smallest absolute Gasteiger partial charge is 0.226 e. The molecule has 4 fully saturated rings. The van der Waals surface area contributed by atoms with Crippen molar-refractivity contribution in [1.82, 2.24) is 15.1 Å². The van der Waals surface area contributed by atoms with Gasteiger partial charge in [-0.25, -0.2) is 0 Å². The predicted octanol–water partition coefficient (Wildman–Crippen LogP) is 0.457. The third-order valence-corrected chi connectivity index (χ3v) is 5.92. The van der Waals surface area contributed by atoms with Gasteiger partial charge < -0.3 is 15.1 Å². The summed E-state index contributed by atoms with van der Waals surface area (Å²) in [5, 5.41) is 3.39. The van der Waals surface area contributed by atoms with E-state index >= 15 is 0 Å². The number of piperidine rings is 1. The second kappa shape index (κ2) is 4.97. The molecule has 2 aliphatic heterocycles. The summed E-state index contributed by atoms with van der Waals surface area (Å²) >= 11 is 0. The summed E-state index contributed by atoms with van der Waals surface area (Å²) in [7, 11) is 0. The summed E-state index contributed by atoms with van der Waals surface area (Å²) in [5.74, 6) is 1.25. The van der Waals surface area contributed by atoms with Gasteiger partial charge in [0.15, 0.2) is 0 Å². The number of nitrogens with one attached hydrogen (secondary N) is 1. The number of hydrogen-bond acceptors (Lipinski definition) is 3. The maximum absolute atomic E-state index is 12.7. The fraction of sp³-hybridized carbons (Fsp3) is 0.875. The third-order valence-electron chi connectivity index (χ3n) is 5.92. The molecule has 0 aromatic heterocycles. The van der Waals surface area contributed by atoms with Crippen LogP contribution in [0.3, 0.4) is 0 Å². The highest BCUT2D eigenvalue weighted by atomic mass is 16.2. The topological polar surface area (TPSA) is 52.7 Å². The minimum atomic E-state index is 0.269. The molecule has 4 rings (SSSR count). The van der Waals surface area contributed by atoms with Crippen molar-refractivity contribution in [2.45, 2.75) is 32.1 Å². The number of piperazine rings is 1. The van der Waals surface area contributed by atoms with Crippen LogP contribution in [0, 0.1) is 17.3 Å². The summed E-state index contributed by atoms with van der Waals surface area (Å²) in [5.41, 5.74) is 0.323.